The first-order valence-electron chi connectivity index (χ1n) is 13.8. The van der Waals surface area contributed by atoms with Crippen molar-refractivity contribution in [3.05, 3.63) is 154 Å². The summed E-state index contributed by atoms with van der Waals surface area (Å²) in [7, 11) is 0. The Labute approximate surface area is 241 Å². The van der Waals surface area contributed by atoms with E-state index >= 15 is 0 Å². The molecule has 5 rings (SSSR count). The Morgan fingerprint density at radius 2 is 1.07 bits per heavy atom. The van der Waals surface area contributed by atoms with Crippen LogP contribution in [0.5, 0.6) is 23.0 Å². The zero-order valence-electron chi connectivity index (χ0n) is 23.7. The maximum atomic E-state index is 10.7. The molecule has 0 spiro atoms. The summed E-state index contributed by atoms with van der Waals surface area (Å²) in [4.78, 5) is 0. The normalized spacial score (nSPS) is 13.0. The number of hydrogen-bond acceptors (Lipinski definition) is 4. The highest BCUT2D eigenvalue weighted by Crippen LogP contribution is 2.40. The lowest BCUT2D eigenvalue weighted by Crippen LogP contribution is -2.28. The predicted octanol–water partition coefficient (Wildman–Crippen LogP) is 7.97. The van der Waals surface area contributed by atoms with Crippen LogP contribution in [0.25, 0.3) is 0 Å². The topological polar surface area (TPSA) is 80.9 Å². The van der Waals surface area contributed by atoms with Gasteiger partial charge >= 0.3 is 0 Å². The van der Waals surface area contributed by atoms with Crippen LogP contribution in [0.2, 0.25) is 0 Å². The van der Waals surface area contributed by atoms with Crippen LogP contribution in [-0.4, -0.2) is 20.4 Å². The summed E-state index contributed by atoms with van der Waals surface area (Å²) in [5, 5.41) is 40.8. The highest BCUT2D eigenvalue weighted by atomic mass is 16.3. The predicted molar refractivity (Wildman–Crippen MR) is 164 cm³/mol. The number of rotatable bonds is 8. The van der Waals surface area contributed by atoms with E-state index in [1.54, 1.807) is 42.5 Å². The van der Waals surface area contributed by atoms with Crippen LogP contribution >= 0.6 is 0 Å². The highest BCUT2D eigenvalue weighted by molar-refractivity contribution is 5.49. The quantitative estimate of drug-likeness (QED) is 0.160. The third-order valence-corrected chi connectivity index (χ3v) is 8.39. The van der Waals surface area contributed by atoms with E-state index in [1.807, 2.05) is 48.5 Å². The van der Waals surface area contributed by atoms with Gasteiger partial charge in [-0.25, -0.2) is 0 Å². The molecule has 4 N–H and O–H groups in total. The second-order valence-corrected chi connectivity index (χ2v) is 11.6. The van der Waals surface area contributed by atoms with E-state index in [-0.39, 0.29) is 28.4 Å². The molecule has 0 fully saturated rings. The van der Waals surface area contributed by atoms with Gasteiger partial charge in [0, 0.05) is 17.3 Å². The molecule has 0 bridgehead atoms. The van der Waals surface area contributed by atoms with E-state index in [0.29, 0.717) is 12.8 Å². The van der Waals surface area contributed by atoms with Gasteiger partial charge in [0.15, 0.2) is 0 Å². The molecular formula is C37H36O4. The van der Waals surface area contributed by atoms with Gasteiger partial charge in [-0.3, -0.25) is 0 Å². The Morgan fingerprint density at radius 1 is 0.488 bits per heavy atom. The van der Waals surface area contributed by atoms with Crippen LogP contribution < -0.4 is 0 Å². The van der Waals surface area contributed by atoms with Crippen LogP contribution in [0.15, 0.2) is 115 Å². The van der Waals surface area contributed by atoms with Gasteiger partial charge in [-0.05, 0) is 81.8 Å². The lowest BCUT2D eigenvalue weighted by molar-refractivity contribution is 0.462. The van der Waals surface area contributed by atoms with Gasteiger partial charge in [0.1, 0.15) is 23.0 Å². The minimum absolute atomic E-state index is 0.195. The summed E-state index contributed by atoms with van der Waals surface area (Å²) < 4.78 is 0. The summed E-state index contributed by atoms with van der Waals surface area (Å²) in [5.41, 5.74) is 6.23. The van der Waals surface area contributed by atoms with Crippen molar-refractivity contribution in [1.29, 1.82) is 0 Å². The molecule has 0 aliphatic heterocycles. The first-order valence-corrected chi connectivity index (χ1v) is 13.8. The summed E-state index contributed by atoms with van der Waals surface area (Å²) >= 11 is 0. The van der Waals surface area contributed by atoms with E-state index in [0.717, 1.165) is 38.9 Å². The standard InChI is InChI=1S/C37H36O4/c1-36(2,28-12-16-32(38)17-13-28)30-8-6-9-31(23-30)37(3,29-14-18-33(39)19-15-29)24-25-11-20-35(41)27(21-25)22-26-7-4-5-10-34(26)40/h4-21,23,38-41H,22,24H2,1-3H3. The molecule has 41 heavy (non-hydrogen) atoms. The monoisotopic (exact) mass is 544 g/mol. The molecule has 4 heteroatoms. The third-order valence-electron chi connectivity index (χ3n) is 8.39. The molecule has 0 aliphatic rings. The minimum Gasteiger partial charge on any atom is -0.508 e. The van der Waals surface area contributed by atoms with Crippen LogP contribution in [0.3, 0.4) is 0 Å². The van der Waals surface area contributed by atoms with Crippen molar-refractivity contribution in [3.63, 3.8) is 0 Å². The molecule has 0 saturated carbocycles. The number of benzene rings is 5. The van der Waals surface area contributed by atoms with Crippen molar-refractivity contribution in [2.75, 3.05) is 0 Å². The largest absolute Gasteiger partial charge is 0.508 e. The fourth-order valence-electron chi connectivity index (χ4n) is 5.66. The number of phenols is 4. The fourth-order valence-corrected chi connectivity index (χ4v) is 5.66. The first-order chi connectivity index (χ1) is 19.6. The van der Waals surface area contributed by atoms with Crippen molar-refractivity contribution >= 4 is 0 Å². The number of para-hydroxylation sites is 1. The Balaban J connectivity index is 1.57. The molecule has 1 unspecified atom stereocenters. The van der Waals surface area contributed by atoms with Gasteiger partial charge < -0.3 is 20.4 Å². The molecule has 5 aromatic carbocycles. The lowest BCUT2D eigenvalue weighted by Gasteiger charge is -2.34. The van der Waals surface area contributed by atoms with Crippen molar-refractivity contribution < 1.29 is 20.4 Å². The molecule has 0 aromatic heterocycles. The van der Waals surface area contributed by atoms with Gasteiger partial charge in [-0.2, -0.15) is 0 Å². The lowest BCUT2D eigenvalue weighted by atomic mass is 9.69. The van der Waals surface area contributed by atoms with Gasteiger partial charge in [0.25, 0.3) is 0 Å². The zero-order chi connectivity index (χ0) is 29.2. The number of hydrogen-bond donors (Lipinski definition) is 4. The van der Waals surface area contributed by atoms with E-state index in [4.69, 9.17) is 0 Å². The van der Waals surface area contributed by atoms with Gasteiger partial charge in [-0.15, -0.1) is 0 Å². The second-order valence-electron chi connectivity index (χ2n) is 11.6. The molecular weight excluding hydrogens is 508 g/mol. The van der Waals surface area contributed by atoms with Gasteiger partial charge in [0.2, 0.25) is 0 Å². The zero-order valence-corrected chi connectivity index (χ0v) is 23.7. The molecule has 5 aromatic rings. The van der Waals surface area contributed by atoms with Gasteiger partial charge in [0.05, 0.1) is 0 Å². The molecule has 0 saturated heterocycles. The molecule has 4 nitrogen and oxygen atoms in total. The van der Waals surface area contributed by atoms with Crippen molar-refractivity contribution in [1.82, 2.24) is 0 Å². The SMILES string of the molecule is CC(C)(c1ccc(O)cc1)c1cccc(C(C)(Cc2ccc(O)c(Cc3ccccc3O)c2)c2ccc(O)cc2)c1. The van der Waals surface area contributed by atoms with Crippen LogP contribution in [0.4, 0.5) is 0 Å². The summed E-state index contributed by atoms with van der Waals surface area (Å²) in [5.74, 6) is 0.863. The van der Waals surface area contributed by atoms with E-state index < -0.39 is 5.41 Å². The number of phenolic OH excluding ortho intramolecular Hbond substituents is 4. The Morgan fingerprint density at radius 3 is 1.73 bits per heavy atom. The second kappa shape index (κ2) is 11.1. The van der Waals surface area contributed by atoms with Crippen molar-refractivity contribution in [2.24, 2.45) is 0 Å². The number of aromatic hydroxyl groups is 4. The van der Waals surface area contributed by atoms with Crippen molar-refractivity contribution in [3.8, 4) is 23.0 Å². The Hall–Kier alpha value is -4.70. The fraction of sp³-hybridized carbons (Fsp3) is 0.189. The molecule has 0 heterocycles. The van der Waals surface area contributed by atoms with Crippen LogP contribution in [-0.2, 0) is 23.7 Å². The van der Waals surface area contributed by atoms with E-state index in [1.165, 1.54) is 0 Å². The molecule has 0 aliphatic carbocycles. The van der Waals surface area contributed by atoms with E-state index in [2.05, 4.69) is 45.0 Å². The minimum atomic E-state index is -0.460. The highest BCUT2D eigenvalue weighted by Gasteiger charge is 2.32. The summed E-state index contributed by atoms with van der Waals surface area (Å²) in [6.45, 7) is 6.57. The Bertz CT molecular complexity index is 1650. The molecule has 1 atom stereocenters. The average Bonchev–Trinajstić information content (AvgIpc) is 2.96. The van der Waals surface area contributed by atoms with Gasteiger partial charge in [-0.1, -0.05) is 99.6 Å². The average molecular weight is 545 g/mol. The molecule has 0 amide bonds. The Kier molecular flexibility index (Phi) is 7.51. The smallest absolute Gasteiger partial charge is 0.119 e. The third kappa shape index (κ3) is 5.78. The van der Waals surface area contributed by atoms with Crippen molar-refractivity contribution in [2.45, 2.75) is 44.4 Å². The first kappa shape index (κ1) is 27.9. The molecule has 0 radical (unpaired) electrons. The summed E-state index contributed by atoms with van der Waals surface area (Å²) in [6.07, 6.45) is 1.06. The van der Waals surface area contributed by atoms with Crippen LogP contribution in [0, 0.1) is 0 Å². The maximum Gasteiger partial charge on any atom is 0.119 e. The van der Waals surface area contributed by atoms with E-state index in [9.17, 15) is 20.4 Å². The summed E-state index contributed by atoms with van der Waals surface area (Å²) in [6, 6.07) is 36.3. The maximum absolute atomic E-state index is 10.7. The van der Waals surface area contributed by atoms with Crippen LogP contribution in [0.1, 0.15) is 59.7 Å². The molecule has 208 valence electrons.